The van der Waals surface area contributed by atoms with Gasteiger partial charge in [-0.15, -0.1) is 0 Å². The van der Waals surface area contributed by atoms with Crippen LogP contribution in [-0.4, -0.2) is 44.4 Å². The van der Waals surface area contributed by atoms with Crippen LogP contribution in [0.3, 0.4) is 0 Å². The van der Waals surface area contributed by atoms with Crippen LogP contribution in [0, 0.1) is 0 Å². The molecule has 1 fully saturated rings. The second-order valence-corrected chi connectivity index (χ2v) is 5.91. The lowest BCUT2D eigenvalue weighted by atomic mass is 10.2. The predicted octanol–water partition coefficient (Wildman–Crippen LogP) is 2.10. The van der Waals surface area contributed by atoms with E-state index in [9.17, 15) is 4.79 Å². The number of aromatic nitrogens is 2. The van der Waals surface area contributed by atoms with E-state index in [0.29, 0.717) is 10.9 Å². The van der Waals surface area contributed by atoms with Gasteiger partial charge in [0.1, 0.15) is 10.8 Å². The van der Waals surface area contributed by atoms with Crippen molar-refractivity contribution < 1.29 is 4.79 Å². The Morgan fingerprint density at radius 2 is 2.29 bits per heavy atom. The summed E-state index contributed by atoms with van der Waals surface area (Å²) in [6, 6.07) is 0.210. The molecule has 1 aromatic heterocycles. The van der Waals surface area contributed by atoms with E-state index in [-0.39, 0.29) is 17.1 Å². The molecule has 2 heterocycles. The highest BCUT2D eigenvalue weighted by Gasteiger charge is 2.30. The summed E-state index contributed by atoms with van der Waals surface area (Å²) in [4.78, 5) is 22.0. The molecule has 1 saturated heterocycles. The van der Waals surface area contributed by atoms with Gasteiger partial charge < -0.3 is 4.90 Å². The first kappa shape index (κ1) is 12.6. The zero-order chi connectivity index (χ0) is 12.4. The zero-order valence-electron chi connectivity index (χ0n) is 9.76. The van der Waals surface area contributed by atoms with Gasteiger partial charge in [-0.3, -0.25) is 9.78 Å². The van der Waals surface area contributed by atoms with Crippen molar-refractivity contribution in [3.8, 4) is 0 Å². The normalized spacial score (nSPS) is 24.8. The Balaban J connectivity index is 2.19. The summed E-state index contributed by atoms with van der Waals surface area (Å²) in [6.07, 6.45) is 2.89. The Morgan fingerprint density at radius 3 is 3.00 bits per heavy atom. The van der Waals surface area contributed by atoms with Gasteiger partial charge in [0.25, 0.3) is 5.91 Å². The summed E-state index contributed by atoms with van der Waals surface area (Å²) in [5, 5.41) is 0.697. The topological polar surface area (TPSA) is 46.1 Å². The molecular formula is C11H14ClN3OS. The lowest BCUT2D eigenvalue weighted by Crippen LogP contribution is -2.48. The van der Waals surface area contributed by atoms with E-state index in [0.717, 1.165) is 12.3 Å². The number of nitrogens with zero attached hydrogens (tertiary/aromatic N) is 3. The molecule has 0 radical (unpaired) electrons. The van der Waals surface area contributed by atoms with Gasteiger partial charge in [-0.25, -0.2) is 4.98 Å². The third-order valence-corrected chi connectivity index (χ3v) is 4.49. The average Bonchev–Trinajstić information content (AvgIpc) is 2.32. The van der Waals surface area contributed by atoms with Crippen LogP contribution in [0.5, 0.6) is 0 Å². The fraction of sp³-hybridized carbons (Fsp3) is 0.545. The van der Waals surface area contributed by atoms with Crippen molar-refractivity contribution in [2.24, 2.45) is 0 Å². The predicted molar refractivity (Wildman–Crippen MR) is 69.5 cm³/mol. The Labute approximate surface area is 110 Å². The first-order valence-electron chi connectivity index (χ1n) is 5.49. The van der Waals surface area contributed by atoms with Crippen LogP contribution in [0.4, 0.5) is 0 Å². The van der Waals surface area contributed by atoms with Crippen LogP contribution in [0.2, 0.25) is 5.15 Å². The van der Waals surface area contributed by atoms with Crippen LogP contribution in [-0.2, 0) is 0 Å². The molecule has 2 rings (SSSR count). The molecule has 17 heavy (non-hydrogen) atoms. The van der Waals surface area contributed by atoms with Crippen LogP contribution >= 0.6 is 23.4 Å². The summed E-state index contributed by atoms with van der Waals surface area (Å²) < 4.78 is 0. The highest BCUT2D eigenvalue weighted by atomic mass is 35.5. The van der Waals surface area contributed by atoms with Crippen LogP contribution in [0.1, 0.15) is 24.3 Å². The minimum absolute atomic E-state index is 0.0837. The Kier molecular flexibility index (Phi) is 3.89. The minimum atomic E-state index is -0.0837. The molecule has 1 aliphatic rings. The second-order valence-electron chi connectivity index (χ2n) is 4.04. The van der Waals surface area contributed by atoms with Crippen LogP contribution < -0.4 is 0 Å². The Bertz CT molecular complexity index is 429. The molecule has 0 aromatic carbocycles. The first-order chi connectivity index (χ1) is 8.09. The van der Waals surface area contributed by atoms with E-state index in [2.05, 4.69) is 23.8 Å². The smallest absolute Gasteiger partial charge is 0.274 e. The van der Waals surface area contributed by atoms with Gasteiger partial charge in [0.05, 0.1) is 12.4 Å². The molecule has 4 nitrogen and oxygen atoms in total. The maximum absolute atomic E-state index is 12.3. The molecule has 1 aromatic rings. The van der Waals surface area contributed by atoms with Crippen molar-refractivity contribution in [1.82, 2.24) is 14.9 Å². The summed E-state index contributed by atoms with van der Waals surface area (Å²) in [5.74, 6) is 0.880. The molecule has 0 spiro atoms. The monoisotopic (exact) mass is 271 g/mol. The molecule has 0 N–H and O–H groups in total. The van der Waals surface area contributed by atoms with E-state index >= 15 is 0 Å². The minimum Gasteiger partial charge on any atom is -0.333 e. The van der Waals surface area contributed by atoms with E-state index in [4.69, 9.17) is 11.6 Å². The molecule has 6 heteroatoms. The number of carbonyl (C=O) groups excluding carboxylic acids is 1. The van der Waals surface area contributed by atoms with Crippen molar-refractivity contribution in [2.75, 3.05) is 12.3 Å². The van der Waals surface area contributed by atoms with Gasteiger partial charge in [0, 0.05) is 23.6 Å². The number of halogens is 1. The molecule has 2 atom stereocenters. The highest BCUT2D eigenvalue weighted by Crippen LogP contribution is 2.25. The van der Waals surface area contributed by atoms with Crippen molar-refractivity contribution in [1.29, 1.82) is 0 Å². The van der Waals surface area contributed by atoms with E-state index in [1.807, 2.05) is 16.7 Å². The van der Waals surface area contributed by atoms with E-state index in [1.165, 1.54) is 12.4 Å². The average molecular weight is 272 g/mol. The SMILES string of the molecule is CC1SCCN(C(=O)c2cncc(Cl)n2)C1C. The third kappa shape index (κ3) is 2.72. The fourth-order valence-corrected chi connectivity index (χ4v) is 3.06. The number of carbonyl (C=O) groups is 1. The molecule has 0 saturated carbocycles. The number of amides is 1. The Morgan fingerprint density at radius 1 is 1.53 bits per heavy atom. The maximum atomic E-state index is 12.3. The summed E-state index contributed by atoms with van der Waals surface area (Å²) in [5.41, 5.74) is 0.323. The Hall–Kier alpha value is -0.810. The molecule has 2 unspecified atom stereocenters. The quantitative estimate of drug-likeness (QED) is 0.785. The van der Waals surface area contributed by atoms with Gasteiger partial charge in [-0.2, -0.15) is 11.8 Å². The number of rotatable bonds is 1. The second kappa shape index (κ2) is 5.23. The molecular weight excluding hydrogens is 258 g/mol. The molecule has 1 aliphatic heterocycles. The molecule has 1 amide bonds. The lowest BCUT2D eigenvalue weighted by molar-refractivity contribution is 0.0691. The van der Waals surface area contributed by atoms with Gasteiger partial charge >= 0.3 is 0 Å². The largest absolute Gasteiger partial charge is 0.333 e. The number of hydrogen-bond acceptors (Lipinski definition) is 4. The summed E-state index contributed by atoms with van der Waals surface area (Å²) in [7, 11) is 0. The number of hydrogen-bond donors (Lipinski definition) is 0. The standard InChI is InChI=1S/C11H14ClN3OS/c1-7-8(2)17-4-3-15(7)11(16)9-5-13-6-10(12)14-9/h5-8H,3-4H2,1-2H3. The molecule has 92 valence electrons. The lowest BCUT2D eigenvalue weighted by Gasteiger charge is -2.37. The fourth-order valence-electron chi connectivity index (χ4n) is 1.81. The van der Waals surface area contributed by atoms with Gasteiger partial charge in [-0.1, -0.05) is 18.5 Å². The van der Waals surface area contributed by atoms with Crippen molar-refractivity contribution >= 4 is 29.3 Å². The third-order valence-electron chi connectivity index (χ3n) is 2.97. The van der Waals surface area contributed by atoms with Crippen LogP contribution in [0.15, 0.2) is 12.4 Å². The van der Waals surface area contributed by atoms with Gasteiger partial charge in [0.2, 0.25) is 0 Å². The van der Waals surface area contributed by atoms with Gasteiger partial charge in [0.15, 0.2) is 0 Å². The van der Waals surface area contributed by atoms with Gasteiger partial charge in [-0.05, 0) is 6.92 Å². The van der Waals surface area contributed by atoms with Crippen molar-refractivity contribution in [3.05, 3.63) is 23.2 Å². The summed E-state index contributed by atoms with van der Waals surface area (Å²) in [6.45, 7) is 4.95. The first-order valence-corrected chi connectivity index (χ1v) is 6.92. The van der Waals surface area contributed by atoms with Crippen molar-refractivity contribution in [3.63, 3.8) is 0 Å². The molecule has 0 bridgehead atoms. The van der Waals surface area contributed by atoms with Crippen LogP contribution in [0.25, 0.3) is 0 Å². The highest BCUT2D eigenvalue weighted by molar-refractivity contribution is 8.00. The maximum Gasteiger partial charge on any atom is 0.274 e. The van der Waals surface area contributed by atoms with E-state index < -0.39 is 0 Å². The zero-order valence-corrected chi connectivity index (χ0v) is 11.3. The number of thioether (sulfide) groups is 1. The van der Waals surface area contributed by atoms with E-state index in [1.54, 1.807) is 0 Å². The van der Waals surface area contributed by atoms with Crippen molar-refractivity contribution in [2.45, 2.75) is 25.1 Å². The molecule has 0 aliphatic carbocycles. The summed E-state index contributed by atoms with van der Waals surface area (Å²) >= 11 is 7.63.